The van der Waals surface area contributed by atoms with E-state index in [0.717, 1.165) is 26.1 Å². The molecule has 2 fully saturated rings. The van der Waals surface area contributed by atoms with Crippen molar-refractivity contribution in [3.63, 3.8) is 0 Å². The van der Waals surface area contributed by atoms with E-state index in [-0.39, 0.29) is 11.9 Å². The molecule has 2 aliphatic rings. The first kappa shape index (κ1) is 19.7. The van der Waals surface area contributed by atoms with Gasteiger partial charge in [-0.15, -0.1) is 0 Å². The van der Waals surface area contributed by atoms with Crippen LogP contribution in [0.2, 0.25) is 0 Å². The molecule has 0 radical (unpaired) electrons. The first-order valence-corrected chi connectivity index (χ1v) is 9.86. The molecule has 4 heterocycles. The van der Waals surface area contributed by atoms with Gasteiger partial charge < -0.3 is 18.3 Å². The number of ether oxygens (including phenoxy) is 2. The summed E-state index contributed by atoms with van der Waals surface area (Å²) in [5.74, 6) is 1.08. The van der Waals surface area contributed by atoms with E-state index in [9.17, 15) is 9.59 Å². The van der Waals surface area contributed by atoms with E-state index in [0.29, 0.717) is 47.7 Å². The van der Waals surface area contributed by atoms with Crippen molar-refractivity contribution < 1.29 is 27.9 Å². The lowest BCUT2D eigenvalue weighted by Crippen LogP contribution is -2.44. The van der Waals surface area contributed by atoms with Gasteiger partial charge in [0.15, 0.2) is 0 Å². The maximum absolute atomic E-state index is 11.9. The topological polar surface area (TPSA) is 85.4 Å². The highest BCUT2D eigenvalue weighted by Crippen LogP contribution is 2.33. The van der Waals surface area contributed by atoms with Gasteiger partial charge in [0.05, 0.1) is 39.8 Å². The highest BCUT2D eigenvalue weighted by Gasteiger charge is 2.40. The van der Waals surface area contributed by atoms with E-state index in [1.54, 1.807) is 12.1 Å². The molecule has 0 aromatic carbocycles. The Balaban J connectivity index is 1.44. The average Bonchev–Trinajstić information content (AvgIpc) is 3.47. The Kier molecular flexibility index (Phi) is 5.73. The van der Waals surface area contributed by atoms with Gasteiger partial charge in [0, 0.05) is 19.1 Å². The van der Waals surface area contributed by atoms with Crippen molar-refractivity contribution in [1.29, 1.82) is 0 Å². The number of esters is 2. The molecule has 0 aliphatic carbocycles. The van der Waals surface area contributed by atoms with Gasteiger partial charge in [-0.25, -0.2) is 9.59 Å². The zero-order chi connectivity index (χ0) is 20.4. The van der Waals surface area contributed by atoms with Crippen molar-refractivity contribution in [2.24, 2.45) is 5.92 Å². The molecule has 0 amide bonds. The summed E-state index contributed by atoms with van der Waals surface area (Å²) in [6.45, 7) is 3.95. The Labute approximate surface area is 169 Å². The third-order valence-electron chi connectivity index (χ3n) is 5.99. The summed E-state index contributed by atoms with van der Waals surface area (Å²) < 4.78 is 20.8. The number of rotatable bonds is 6. The van der Waals surface area contributed by atoms with Gasteiger partial charge in [0.2, 0.25) is 0 Å². The Morgan fingerprint density at radius 2 is 1.62 bits per heavy atom. The molecule has 2 aromatic rings. The number of nitrogens with zero attached hydrogens (tertiary/aromatic N) is 2. The van der Waals surface area contributed by atoms with Gasteiger partial charge in [-0.2, -0.15) is 0 Å². The van der Waals surface area contributed by atoms with Crippen LogP contribution in [0.3, 0.4) is 0 Å². The minimum atomic E-state index is -0.375. The summed E-state index contributed by atoms with van der Waals surface area (Å²) in [7, 11) is 2.75. The fourth-order valence-electron chi connectivity index (χ4n) is 4.58. The van der Waals surface area contributed by atoms with E-state index in [1.165, 1.54) is 33.2 Å². The quantitative estimate of drug-likeness (QED) is 0.682. The Morgan fingerprint density at radius 1 is 1.00 bits per heavy atom. The Bertz CT molecular complexity index is 872. The molecule has 2 saturated heterocycles. The summed E-state index contributed by atoms with van der Waals surface area (Å²) in [5.41, 5.74) is 0.973. The number of furan rings is 2. The normalized spacial score (nSPS) is 22.4. The van der Waals surface area contributed by atoms with Crippen molar-refractivity contribution in [1.82, 2.24) is 9.80 Å². The first-order chi connectivity index (χ1) is 14.1. The van der Waals surface area contributed by atoms with Gasteiger partial charge in [0.1, 0.15) is 22.6 Å². The fraction of sp³-hybridized carbons (Fsp3) is 0.524. The molecule has 156 valence electrons. The number of carbonyl (C=O) groups excluding carboxylic acids is 2. The lowest BCUT2D eigenvalue weighted by Gasteiger charge is -2.36. The van der Waals surface area contributed by atoms with Crippen LogP contribution in [-0.4, -0.2) is 61.6 Å². The summed E-state index contributed by atoms with van der Waals surface area (Å²) in [6, 6.07) is 3.69. The predicted molar refractivity (Wildman–Crippen MR) is 102 cm³/mol. The number of piperidine rings is 1. The highest BCUT2D eigenvalue weighted by atomic mass is 16.5. The van der Waals surface area contributed by atoms with Crippen molar-refractivity contribution in [2.75, 3.05) is 33.9 Å². The molecule has 8 heteroatoms. The lowest BCUT2D eigenvalue weighted by atomic mass is 9.92. The summed E-state index contributed by atoms with van der Waals surface area (Å²) in [6.07, 6.45) is 5.34. The maximum atomic E-state index is 11.9. The minimum Gasteiger partial charge on any atom is -0.467 e. The molecular weight excluding hydrogens is 376 g/mol. The van der Waals surface area contributed by atoms with Gasteiger partial charge in [-0.1, -0.05) is 0 Å². The first-order valence-electron chi connectivity index (χ1n) is 9.86. The molecule has 2 aliphatic heterocycles. The van der Waals surface area contributed by atoms with E-state index in [1.807, 2.05) is 0 Å². The largest absolute Gasteiger partial charge is 0.467 e. The van der Waals surface area contributed by atoms with Crippen LogP contribution in [0.1, 0.15) is 45.1 Å². The third-order valence-corrected chi connectivity index (χ3v) is 5.99. The van der Waals surface area contributed by atoms with Crippen LogP contribution in [0.15, 0.2) is 33.5 Å². The van der Waals surface area contributed by atoms with E-state index >= 15 is 0 Å². The van der Waals surface area contributed by atoms with Crippen molar-refractivity contribution >= 4 is 11.9 Å². The number of hydrogen-bond acceptors (Lipinski definition) is 8. The van der Waals surface area contributed by atoms with Crippen LogP contribution in [0.4, 0.5) is 0 Å². The molecule has 0 bridgehead atoms. The zero-order valence-electron chi connectivity index (χ0n) is 16.8. The smallest absolute Gasteiger partial charge is 0.341 e. The number of hydrogen-bond donors (Lipinski definition) is 0. The van der Waals surface area contributed by atoms with E-state index < -0.39 is 0 Å². The average molecular weight is 402 g/mol. The van der Waals surface area contributed by atoms with Crippen LogP contribution in [0.25, 0.3) is 0 Å². The molecular formula is C21H26N2O6. The SMILES string of the molecule is COC(=O)c1ccoc1CN1C[C@@H]2CCCN(Cc3occc3C(=O)OC)[C@@H]2C1. The number of fused-ring (bicyclic) bond motifs is 1. The second-order valence-corrected chi connectivity index (χ2v) is 7.63. The van der Waals surface area contributed by atoms with Crippen LogP contribution >= 0.6 is 0 Å². The van der Waals surface area contributed by atoms with Crippen molar-refractivity contribution in [2.45, 2.75) is 32.0 Å². The van der Waals surface area contributed by atoms with Crippen LogP contribution < -0.4 is 0 Å². The molecule has 0 N–H and O–H groups in total. The molecule has 29 heavy (non-hydrogen) atoms. The predicted octanol–water partition coefficient (Wildman–Crippen LogP) is 2.54. The monoisotopic (exact) mass is 402 g/mol. The van der Waals surface area contributed by atoms with E-state index in [4.69, 9.17) is 18.3 Å². The van der Waals surface area contributed by atoms with Gasteiger partial charge >= 0.3 is 11.9 Å². The molecule has 0 spiro atoms. The maximum Gasteiger partial charge on any atom is 0.341 e. The van der Waals surface area contributed by atoms with Gasteiger partial charge in [0.25, 0.3) is 0 Å². The van der Waals surface area contributed by atoms with Crippen LogP contribution in [0.5, 0.6) is 0 Å². The molecule has 4 rings (SSSR count). The molecule has 2 aromatic heterocycles. The highest BCUT2D eigenvalue weighted by molar-refractivity contribution is 5.90. The zero-order valence-corrected chi connectivity index (χ0v) is 16.8. The minimum absolute atomic E-state index is 0.371. The van der Waals surface area contributed by atoms with Gasteiger partial charge in [-0.3, -0.25) is 9.80 Å². The standard InChI is InChI=1S/C21H26N2O6/c1-26-20(24)15-5-8-28-18(15)12-22-10-14-4-3-7-23(17(14)11-22)13-19-16(6-9-29-19)21(25)27-2/h5-6,8-9,14,17H,3-4,7,10-13H2,1-2H3/t14-,17+/m0/s1. The van der Waals surface area contributed by atoms with Crippen molar-refractivity contribution in [3.8, 4) is 0 Å². The summed E-state index contributed by atoms with van der Waals surface area (Å²) in [5, 5.41) is 0. The summed E-state index contributed by atoms with van der Waals surface area (Å²) in [4.78, 5) is 28.6. The van der Waals surface area contributed by atoms with Gasteiger partial charge in [-0.05, 0) is 37.4 Å². The Morgan fingerprint density at radius 3 is 2.24 bits per heavy atom. The van der Waals surface area contributed by atoms with Crippen LogP contribution in [0, 0.1) is 5.92 Å². The summed E-state index contributed by atoms with van der Waals surface area (Å²) >= 11 is 0. The molecule has 0 unspecified atom stereocenters. The third kappa shape index (κ3) is 3.95. The number of methoxy groups -OCH3 is 2. The van der Waals surface area contributed by atoms with E-state index in [2.05, 4.69) is 9.80 Å². The number of likely N-dealkylation sites (tertiary alicyclic amines) is 2. The molecule has 0 saturated carbocycles. The Hall–Kier alpha value is -2.58. The lowest BCUT2D eigenvalue weighted by molar-refractivity contribution is 0.0583. The molecule has 2 atom stereocenters. The number of carbonyl (C=O) groups is 2. The second kappa shape index (κ2) is 8.42. The fourth-order valence-corrected chi connectivity index (χ4v) is 4.58. The second-order valence-electron chi connectivity index (χ2n) is 7.63. The van der Waals surface area contributed by atoms with Crippen LogP contribution in [-0.2, 0) is 22.6 Å². The molecule has 8 nitrogen and oxygen atoms in total. The van der Waals surface area contributed by atoms with Crippen molar-refractivity contribution in [3.05, 3.63) is 47.3 Å².